The summed E-state index contributed by atoms with van der Waals surface area (Å²) in [5.41, 5.74) is 14.6. The molecule has 5 nitrogen and oxygen atoms in total. The molecule has 4 aromatic carbocycles. The molecule has 0 fully saturated rings. The van der Waals surface area contributed by atoms with Gasteiger partial charge < -0.3 is 13.9 Å². The Kier molecular flexibility index (Phi) is 7.70. The second-order valence-electron chi connectivity index (χ2n) is 15.1. The van der Waals surface area contributed by atoms with Crippen LogP contribution in [0.1, 0.15) is 119 Å². The number of allylic oxidation sites excluding steroid dienone is 2. The largest absolute Gasteiger partial charge is 0.440 e. The molecular weight excluding hydrogens is 629 g/mol. The van der Waals surface area contributed by atoms with Gasteiger partial charge in [0.15, 0.2) is 11.2 Å². The lowest BCUT2D eigenvalue weighted by Crippen LogP contribution is -2.24. The Morgan fingerprint density at radius 1 is 0.608 bits per heavy atom. The van der Waals surface area contributed by atoms with Gasteiger partial charge in [-0.25, -0.2) is 9.97 Å². The van der Waals surface area contributed by atoms with E-state index in [2.05, 4.69) is 100 Å². The second kappa shape index (κ2) is 12.2. The number of hydrogen-bond acceptors (Lipinski definition) is 5. The molecule has 3 aliphatic rings. The first kappa shape index (κ1) is 32.2. The van der Waals surface area contributed by atoms with Gasteiger partial charge in [0, 0.05) is 16.4 Å². The maximum atomic E-state index is 11.5. The van der Waals surface area contributed by atoms with Crippen LogP contribution in [0.3, 0.4) is 0 Å². The molecule has 6 aromatic rings. The van der Waals surface area contributed by atoms with Crippen molar-refractivity contribution in [3.05, 3.63) is 125 Å². The van der Waals surface area contributed by atoms with E-state index in [9.17, 15) is 5.11 Å². The predicted molar refractivity (Wildman–Crippen MR) is 206 cm³/mol. The third-order valence-electron chi connectivity index (χ3n) is 12.0. The highest BCUT2D eigenvalue weighted by Gasteiger charge is 2.44. The summed E-state index contributed by atoms with van der Waals surface area (Å²) in [5, 5.41) is 11.5. The van der Waals surface area contributed by atoms with Crippen molar-refractivity contribution in [3.8, 4) is 22.3 Å². The van der Waals surface area contributed by atoms with Gasteiger partial charge >= 0.3 is 0 Å². The first-order valence-electron chi connectivity index (χ1n) is 19.1. The van der Waals surface area contributed by atoms with Crippen LogP contribution in [0.5, 0.6) is 0 Å². The zero-order chi connectivity index (χ0) is 34.9. The normalized spacial score (nSPS) is 19.3. The smallest absolute Gasteiger partial charge is 0.227 e. The number of rotatable bonds is 10. The Morgan fingerprint density at radius 3 is 1.65 bits per heavy atom. The molecule has 1 N–H and O–H groups in total. The highest BCUT2D eigenvalue weighted by atomic mass is 16.4. The van der Waals surface area contributed by atoms with Crippen LogP contribution in [-0.4, -0.2) is 21.2 Å². The summed E-state index contributed by atoms with van der Waals surface area (Å²) in [5.74, 6) is 0.629. The van der Waals surface area contributed by atoms with Crippen molar-refractivity contribution in [3.63, 3.8) is 0 Å². The number of fused-ring (bicyclic) bond motifs is 8. The molecule has 9 rings (SSSR count). The standard InChI is InChI=1S/C46H46N2O3/c1-5-19-45(20-6-2)34-15-11-9-13-29(34)32-24-38-41(26-36(32)45)50-43(47-38)28-17-18-31(40(49)23-28)44-48-39-25-33-30-14-10-12-16-35(30)46(21-7-3,22-8-4)37(33)27-42(39)51-44/h9-18,23-27,31,40,49H,5-8,19-22H2,1-4H3. The van der Waals surface area contributed by atoms with Crippen LogP contribution in [0.15, 0.2) is 99.9 Å². The third kappa shape index (κ3) is 4.70. The van der Waals surface area contributed by atoms with E-state index in [1.165, 1.54) is 44.5 Å². The lowest BCUT2D eigenvalue weighted by Gasteiger charge is -2.31. The summed E-state index contributed by atoms with van der Waals surface area (Å²) >= 11 is 0. The van der Waals surface area contributed by atoms with E-state index >= 15 is 0 Å². The Bertz CT molecular complexity index is 2360. The number of benzene rings is 4. The molecule has 0 radical (unpaired) electrons. The van der Waals surface area contributed by atoms with Crippen molar-refractivity contribution in [1.82, 2.24) is 9.97 Å². The van der Waals surface area contributed by atoms with Crippen molar-refractivity contribution in [1.29, 1.82) is 0 Å². The van der Waals surface area contributed by atoms with Gasteiger partial charge in [-0.2, -0.15) is 0 Å². The zero-order valence-electron chi connectivity index (χ0n) is 30.1. The molecule has 0 saturated carbocycles. The molecule has 2 heterocycles. The second-order valence-corrected chi connectivity index (χ2v) is 15.1. The average molecular weight is 675 g/mol. The minimum Gasteiger partial charge on any atom is -0.440 e. The number of oxazole rings is 2. The van der Waals surface area contributed by atoms with Gasteiger partial charge in [0.25, 0.3) is 0 Å². The van der Waals surface area contributed by atoms with Crippen LogP contribution in [0.4, 0.5) is 0 Å². The zero-order valence-corrected chi connectivity index (χ0v) is 30.1. The minimum atomic E-state index is -0.835. The Balaban J connectivity index is 1.05. The predicted octanol–water partition coefficient (Wildman–Crippen LogP) is 11.8. The van der Waals surface area contributed by atoms with Crippen molar-refractivity contribution >= 4 is 27.8 Å². The van der Waals surface area contributed by atoms with Gasteiger partial charge in [-0.3, -0.25) is 0 Å². The number of nitrogens with zero attached hydrogens (tertiary/aromatic N) is 2. The Hall–Kier alpha value is -4.74. The van der Waals surface area contributed by atoms with Crippen molar-refractivity contribution in [2.75, 3.05) is 0 Å². The van der Waals surface area contributed by atoms with Gasteiger partial charge in [0.05, 0.1) is 12.0 Å². The lowest BCUT2D eigenvalue weighted by atomic mass is 9.71. The summed E-state index contributed by atoms with van der Waals surface area (Å²) in [7, 11) is 0. The van der Waals surface area contributed by atoms with Crippen LogP contribution < -0.4 is 0 Å². The highest BCUT2D eigenvalue weighted by molar-refractivity contribution is 5.92. The molecule has 0 aliphatic heterocycles. The van der Waals surface area contributed by atoms with Gasteiger partial charge in [-0.15, -0.1) is 0 Å². The number of aliphatic hydroxyl groups excluding tert-OH is 1. The van der Waals surface area contributed by atoms with Crippen LogP contribution in [0.2, 0.25) is 0 Å². The molecule has 2 unspecified atom stereocenters. The quantitative estimate of drug-likeness (QED) is 0.157. The van der Waals surface area contributed by atoms with Gasteiger partial charge in [-0.05, 0) is 101 Å². The van der Waals surface area contributed by atoms with E-state index in [0.717, 1.165) is 79.1 Å². The maximum Gasteiger partial charge on any atom is 0.227 e. The van der Waals surface area contributed by atoms with Crippen LogP contribution in [0.25, 0.3) is 50.0 Å². The highest BCUT2D eigenvalue weighted by Crippen LogP contribution is 2.56. The van der Waals surface area contributed by atoms with E-state index in [0.29, 0.717) is 11.8 Å². The summed E-state index contributed by atoms with van der Waals surface area (Å²) in [6.45, 7) is 9.11. The molecule has 0 bridgehead atoms. The van der Waals surface area contributed by atoms with E-state index < -0.39 is 12.0 Å². The molecular formula is C46H46N2O3. The minimum absolute atomic E-state index is 0.0133. The van der Waals surface area contributed by atoms with Crippen LogP contribution in [-0.2, 0) is 10.8 Å². The molecule has 0 amide bonds. The molecule has 5 heteroatoms. The molecule has 0 spiro atoms. The average Bonchev–Trinajstić information content (AvgIpc) is 3.88. The number of aromatic nitrogens is 2. The molecule has 2 atom stereocenters. The maximum absolute atomic E-state index is 11.5. The molecule has 258 valence electrons. The first-order chi connectivity index (χ1) is 24.9. The van der Waals surface area contributed by atoms with Gasteiger partial charge in [-0.1, -0.05) is 114 Å². The van der Waals surface area contributed by atoms with E-state index in [-0.39, 0.29) is 10.8 Å². The Labute approximate surface area is 300 Å². The van der Waals surface area contributed by atoms with Crippen LogP contribution in [0, 0.1) is 0 Å². The first-order valence-corrected chi connectivity index (χ1v) is 19.1. The fourth-order valence-corrected chi connectivity index (χ4v) is 10.1. The Morgan fingerprint density at radius 2 is 1.12 bits per heavy atom. The van der Waals surface area contributed by atoms with Crippen LogP contribution >= 0.6 is 0 Å². The van der Waals surface area contributed by atoms with E-state index in [4.69, 9.17) is 18.8 Å². The molecule has 2 aromatic heterocycles. The molecule has 0 saturated heterocycles. The summed E-state index contributed by atoms with van der Waals surface area (Å²) in [4.78, 5) is 9.92. The van der Waals surface area contributed by atoms with E-state index in [1.54, 1.807) is 0 Å². The summed E-state index contributed by atoms with van der Waals surface area (Å²) in [6.07, 6.45) is 13.8. The number of hydrogen-bond donors (Lipinski definition) is 1. The lowest BCUT2D eigenvalue weighted by molar-refractivity contribution is 0.194. The summed E-state index contributed by atoms with van der Waals surface area (Å²) in [6, 6.07) is 26.6. The van der Waals surface area contributed by atoms with Gasteiger partial charge in [0.2, 0.25) is 11.8 Å². The fourth-order valence-electron chi connectivity index (χ4n) is 10.1. The SMILES string of the molecule is CCCC1(CCC)c2ccccc2-c2cc3nc(C4=CC(O)C(c5nc6cc7c(cc6o5)C(CCC)(CCC)c5ccccc5-7)C=C4)oc3cc21. The van der Waals surface area contributed by atoms with Gasteiger partial charge in [0.1, 0.15) is 11.0 Å². The fraction of sp³-hybridized carbons (Fsp3) is 0.348. The van der Waals surface area contributed by atoms with Crippen molar-refractivity contribution in [2.45, 2.75) is 102 Å². The number of aliphatic hydroxyl groups is 1. The van der Waals surface area contributed by atoms with Crippen molar-refractivity contribution < 1.29 is 13.9 Å². The molecule has 3 aliphatic carbocycles. The molecule has 51 heavy (non-hydrogen) atoms. The topological polar surface area (TPSA) is 72.3 Å². The van der Waals surface area contributed by atoms with Crippen molar-refractivity contribution in [2.24, 2.45) is 0 Å². The third-order valence-corrected chi connectivity index (χ3v) is 12.0. The summed E-state index contributed by atoms with van der Waals surface area (Å²) < 4.78 is 13.0. The van der Waals surface area contributed by atoms with E-state index in [1.807, 2.05) is 18.2 Å². The monoisotopic (exact) mass is 674 g/mol.